The highest BCUT2D eigenvalue weighted by molar-refractivity contribution is 5.96. The van der Waals surface area contributed by atoms with E-state index in [1.54, 1.807) is 29.4 Å². The number of hydrogen-bond acceptors (Lipinski definition) is 4. The molecule has 6 heteroatoms. The highest BCUT2D eigenvalue weighted by Crippen LogP contribution is 2.26. The number of benzene rings is 1. The summed E-state index contributed by atoms with van der Waals surface area (Å²) in [4.78, 5) is 32.9. The summed E-state index contributed by atoms with van der Waals surface area (Å²) in [7, 11) is 0. The van der Waals surface area contributed by atoms with E-state index >= 15 is 0 Å². The number of carbonyl (C=O) groups excluding carboxylic acids is 2. The zero-order valence-electron chi connectivity index (χ0n) is 14.6. The number of nitrogens with zero attached hydrogens (tertiary/aromatic N) is 3. The Labute approximate surface area is 152 Å². The van der Waals surface area contributed by atoms with Gasteiger partial charge < -0.3 is 14.5 Å². The Morgan fingerprint density at radius 2 is 1.69 bits per heavy atom. The van der Waals surface area contributed by atoms with Crippen LogP contribution in [0, 0.1) is 0 Å². The van der Waals surface area contributed by atoms with Crippen molar-refractivity contribution >= 4 is 11.8 Å². The number of aryl methyl sites for hydroxylation is 1. The number of pyridine rings is 1. The van der Waals surface area contributed by atoms with Crippen LogP contribution in [0.3, 0.4) is 0 Å². The summed E-state index contributed by atoms with van der Waals surface area (Å²) in [5.74, 6) is 0.877. The molecule has 0 spiro atoms. The zero-order chi connectivity index (χ0) is 17.9. The molecule has 2 amide bonds. The number of fused-ring (bicyclic) bond motifs is 1. The van der Waals surface area contributed by atoms with Crippen molar-refractivity contribution in [1.29, 1.82) is 0 Å². The van der Waals surface area contributed by atoms with Crippen molar-refractivity contribution in [2.45, 2.75) is 12.8 Å². The first-order chi connectivity index (χ1) is 12.7. The lowest BCUT2D eigenvalue weighted by atomic mass is 10.0. The van der Waals surface area contributed by atoms with Crippen LogP contribution in [0.2, 0.25) is 0 Å². The van der Waals surface area contributed by atoms with Crippen LogP contribution in [-0.4, -0.2) is 59.4 Å². The van der Waals surface area contributed by atoms with Crippen molar-refractivity contribution in [3.05, 3.63) is 59.4 Å². The minimum absolute atomic E-state index is 0.0202. The molecule has 3 heterocycles. The normalized spacial score (nSPS) is 16.6. The Morgan fingerprint density at radius 3 is 2.38 bits per heavy atom. The summed E-state index contributed by atoms with van der Waals surface area (Å²) >= 11 is 0. The molecule has 0 radical (unpaired) electrons. The molecule has 26 heavy (non-hydrogen) atoms. The molecule has 0 aliphatic carbocycles. The van der Waals surface area contributed by atoms with E-state index in [1.807, 2.05) is 23.1 Å². The molecule has 1 fully saturated rings. The molecule has 0 saturated carbocycles. The molecule has 0 bridgehead atoms. The highest BCUT2D eigenvalue weighted by Gasteiger charge is 2.26. The Bertz CT molecular complexity index is 814. The third kappa shape index (κ3) is 3.27. The van der Waals surface area contributed by atoms with Gasteiger partial charge in [0.25, 0.3) is 11.8 Å². The quantitative estimate of drug-likeness (QED) is 0.830. The van der Waals surface area contributed by atoms with E-state index in [1.165, 1.54) is 0 Å². The number of aromatic nitrogens is 1. The second kappa shape index (κ2) is 7.15. The Balaban J connectivity index is 1.40. The van der Waals surface area contributed by atoms with Gasteiger partial charge in [0.15, 0.2) is 0 Å². The van der Waals surface area contributed by atoms with Crippen LogP contribution in [0.5, 0.6) is 5.75 Å². The molecule has 1 saturated heterocycles. The van der Waals surface area contributed by atoms with Crippen LogP contribution in [0.4, 0.5) is 0 Å². The molecule has 2 aromatic rings. The van der Waals surface area contributed by atoms with Crippen LogP contribution < -0.4 is 4.74 Å². The largest absolute Gasteiger partial charge is 0.493 e. The fourth-order valence-electron chi connectivity index (χ4n) is 3.46. The number of ether oxygens (including phenoxy) is 1. The third-order valence-electron chi connectivity index (χ3n) is 4.92. The van der Waals surface area contributed by atoms with Crippen molar-refractivity contribution in [1.82, 2.24) is 14.8 Å². The van der Waals surface area contributed by atoms with Crippen LogP contribution in [0.25, 0.3) is 0 Å². The van der Waals surface area contributed by atoms with Crippen molar-refractivity contribution in [2.75, 3.05) is 32.8 Å². The van der Waals surface area contributed by atoms with Crippen molar-refractivity contribution in [2.24, 2.45) is 0 Å². The minimum atomic E-state index is -0.0314. The number of amides is 2. The molecule has 0 unspecified atom stereocenters. The fourth-order valence-corrected chi connectivity index (χ4v) is 3.46. The maximum atomic E-state index is 12.8. The maximum absolute atomic E-state index is 12.8. The summed E-state index contributed by atoms with van der Waals surface area (Å²) in [6.07, 6.45) is 5.16. The standard InChI is InChI=1S/C20H21N3O3/c24-19(16-5-6-18-15(13-16)4-2-12-26-18)22-8-10-23(11-9-22)20(25)17-3-1-7-21-14-17/h1,3,5-7,13-14H,2,4,8-12H2. The summed E-state index contributed by atoms with van der Waals surface area (Å²) < 4.78 is 5.61. The number of rotatable bonds is 2. The minimum Gasteiger partial charge on any atom is -0.493 e. The second-order valence-corrected chi connectivity index (χ2v) is 6.60. The van der Waals surface area contributed by atoms with Crippen molar-refractivity contribution < 1.29 is 14.3 Å². The van der Waals surface area contributed by atoms with E-state index in [4.69, 9.17) is 4.74 Å². The lowest BCUT2D eigenvalue weighted by Crippen LogP contribution is -2.50. The average molecular weight is 351 g/mol. The summed E-state index contributed by atoms with van der Waals surface area (Å²) in [6.45, 7) is 2.89. The van der Waals surface area contributed by atoms with Gasteiger partial charge >= 0.3 is 0 Å². The van der Waals surface area contributed by atoms with E-state index in [-0.39, 0.29) is 11.8 Å². The van der Waals surface area contributed by atoms with E-state index in [0.717, 1.165) is 30.8 Å². The molecule has 1 aromatic carbocycles. The Morgan fingerprint density at radius 1 is 0.962 bits per heavy atom. The lowest BCUT2D eigenvalue weighted by molar-refractivity contribution is 0.0535. The molecule has 0 atom stereocenters. The lowest BCUT2D eigenvalue weighted by Gasteiger charge is -2.35. The van der Waals surface area contributed by atoms with Crippen molar-refractivity contribution in [3.8, 4) is 5.75 Å². The smallest absolute Gasteiger partial charge is 0.255 e. The van der Waals surface area contributed by atoms with Gasteiger partial charge in [0, 0.05) is 44.1 Å². The first kappa shape index (κ1) is 16.6. The van der Waals surface area contributed by atoms with Crippen LogP contribution >= 0.6 is 0 Å². The van der Waals surface area contributed by atoms with Gasteiger partial charge in [-0.1, -0.05) is 0 Å². The molecule has 4 rings (SSSR count). The van der Waals surface area contributed by atoms with Gasteiger partial charge in [0.2, 0.25) is 0 Å². The summed E-state index contributed by atoms with van der Waals surface area (Å²) in [6, 6.07) is 9.20. The number of piperazine rings is 1. The summed E-state index contributed by atoms with van der Waals surface area (Å²) in [5, 5.41) is 0. The second-order valence-electron chi connectivity index (χ2n) is 6.60. The molecule has 134 valence electrons. The third-order valence-corrected chi connectivity index (χ3v) is 4.92. The van der Waals surface area contributed by atoms with E-state index < -0.39 is 0 Å². The summed E-state index contributed by atoms with van der Waals surface area (Å²) in [5.41, 5.74) is 2.38. The molecule has 2 aliphatic rings. The first-order valence-electron chi connectivity index (χ1n) is 8.97. The number of hydrogen-bond donors (Lipinski definition) is 0. The molecule has 2 aliphatic heterocycles. The van der Waals surface area contributed by atoms with Gasteiger partial charge in [-0.2, -0.15) is 0 Å². The van der Waals surface area contributed by atoms with Gasteiger partial charge in [-0.05, 0) is 48.7 Å². The van der Waals surface area contributed by atoms with E-state index in [2.05, 4.69) is 4.98 Å². The predicted octanol–water partition coefficient (Wildman–Crippen LogP) is 2.00. The first-order valence-corrected chi connectivity index (χ1v) is 8.97. The SMILES string of the molecule is O=C(c1cccnc1)N1CCN(C(=O)c2ccc3c(c2)CCCO3)CC1. The van der Waals surface area contributed by atoms with Gasteiger partial charge in [0.05, 0.1) is 12.2 Å². The van der Waals surface area contributed by atoms with Crippen LogP contribution in [0.1, 0.15) is 32.7 Å². The molecule has 6 nitrogen and oxygen atoms in total. The van der Waals surface area contributed by atoms with Gasteiger partial charge in [-0.25, -0.2) is 0 Å². The van der Waals surface area contributed by atoms with E-state index in [0.29, 0.717) is 37.3 Å². The van der Waals surface area contributed by atoms with Crippen LogP contribution in [-0.2, 0) is 6.42 Å². The maximum Gasteiger partial charge on any atom is 0.255 e. The average Bonchev–Trinajstić information content (AvgIpc) is 2.73. The molecule has 1 aromatic heterocycles. The van der Waals surface area contributed by atoms with Gasteiger partial charge in [-0.15, -0.1) is 0 Å². The number of carbonyl (C=O) groups is 2. The predicted molar refractivity (Wildman–Crippen MR) is 96.3 cm³/mol. The topological polar surface area (TPSA) is 62.7 Å². The zero-order valence-corrected chi connectivity index (χ0v) is 14.6. The van der Waals surface area contributed by atoms with Gasteiger partial charge in [-0.3, -0.25) is 14.6 Å². The van der Waals surface area contributed by atoms with Gasteiger partial charge in [0.1, 0.15) is 5.75 Å². The van der Waals surface area contributed by atoms with E-state index in [9.17, 15) is 9.59 Å². The Hall–Kier alpha value is -2.89. The Kier molecular flexibility index (Phi) is 4.56. The van der Waals surface area contributed by atoms with Crippen LogP contribution in [0.15, 0.2) is 42.7 Å². The van der Waals surface area contributed by atoms with Crippen molar-refractivity contribution in [3.63, 3.8) is 0 Å². The highest BCUT2D eigenvalue weighted by atomic mass is 16.5. The molecular formula is C20H21N3O3. The monoisotopic (exact) mass is 351 g/mol. The fraction of sp³-hybridized carbons (Fsp3) is 0.350. The molecular weight excluding hydrogens is 330 g/mol. The molecule has 0 N–H and O–H groups in total.